The van der Waals surface area contributed by atoms with E-state index < -0.39 is 0 Å². The maximum absolute atomic E-state index is 13.4. The first-order valence-corrected chi connectivity index (χ1v) is 8.93. The predicted molar refractivity (Wildman–Crippen MR) is 93.9 cm³/mol. The first kappa shape index (κ1) is 15.3. The Morgan fingerprint density at radius 1 is 1.21 bits per heavy atom. The number of fused-ring (bicyclic) bond motifs is 1. The van der Waals surface area contributed by atoms with Crippen molar-refractivity contribution < 1.29 is 9.18 Å². The molecule has 3 aromatic rings. The van der Waals surface area contributed by atoms with E-state index in [2.05, 4.69) is 6.07 Å². The lowest BCUT2D eigenvalue weighted by molar-refractivity contribution is 0.0706. The third kappa shape index (κ3) is 2.91. The van der Waals surface area contributed by atoms with E-state index in [-0.39, 0.29) is 17.6 Å². The normalized spacial score (nSPS) is 18.0. The van der Waals surface area contributed by atoms with Crippen LogP contribution in [0.15, 0.2) is 48.5 Å². The Bertz CT molecular complexity index is 859. The molecular weight excluding hydrogens is 323 g/mol. The third-order valence-electron chi connectivity index (χ3n) is 4.44. The smallest absolute Gasteiger partial charge is 0.253 e. The molecule has 1 atom stereocenters. The number of piperidine rings is 1. The van der Waals surface area contributed by atoms with Crippen LogP contribution in [0.4, 0.5) is 4.39 Å². The number of para-hydroxylation sites is 1. The zero-order chi connectivity index (χ0) is 16.5. The standard InChI is InChI=1S/C19H17FN2OS/c20-15-7-3-5-13(11-15)19(23)22-10-4-6-14(12-22)18-21-16-8-1-2-9-17(16)24-18/h1-3,5,7-9,11,14H,4,6,10,12H2/t14-/m0/s1. The van der Waals surface area contributed by atoms with Crippen molar-refractivity contribution in [2.75, 3.05) is 13.1 Å². The van der Waals surface area contributed by atoms with Crippen molar-refractivity contribution in [1.82, 2.24) is 9.88 Å². The van der Waals surface area contributed by atoms with Gasteiger partial charge in [0.05, 0.1) is 15.2 Å². The minimum absolute atomic E-state index is 0.0969. The van der Waals surface area contributed by atoms with Gasteiger partial charge in [0.25, 0.3) is 5.91 Å². The Balaban J connectivity index is 1.56. The van der Waals surface area contributed by atoms with Crippen LogP contribution in [0.2, 0.25) is 0 Å². The molecule has 1 saturated heterocycles. The number of amides is 1. The molecule has 0 N–H and O–H groups in total. The minimum Gasteiger partial charge on any atom is -0.338 e. The van der Waals surface area contributed by atoms with Crippen LogP contribution in [-0.4, -0.2) is 28.9 Å². The van der Waals surface area contributed by atoms with Gasteiger partial charge < -0.3 is 4.90 Å². The molecule has 2 heterocycles. The molecule has 4 rings (SSSR count). The molecule has 0 saturated carbocycles. The van der Waals surface area contributed by atoms with Crippen molar-refractivity contribution in [1.29, 1.82) is 0 Å². The van der Waals surface area contributed by atoms with Gasteiger partial charge in [-0.2, -0.15) is 0 Å². The number of aromatic nitrogens is 1. The summed E-state index contributed by atoms with van der Waals surface area (Å²) < 4.78 is 14.6. The van der Waals surface area contributed by atoms with E-state index in [1.165, 1.54) is 16.8 Å². The largest absolute Gasteiger partial charge is 0.338 e. The van der Waals surface area contributed by atoms with Gasteiger partial charge in [-0.3, -0.25) is 4.79 Å². The average Bonchev–Trinajstić information content (AvgIpc) is 3.05. The highest BCUT2D eigenvalue weighted by atomic mass is 32.1. The van der Waals surface area contributed by atoms with Gasteiger partial charge in [0.2, 0.25) is 0 Å². The number of carbonyl (C=O) groups is 1. The highest BCUT2D eigenvalue weighted by Gasteiger charge is 2.27. The van der Waals surface area contributed by atoms with Crippen LogP contribution in [0.3, 0.4) is 0 Å². The average molecular weight is 340 g/mol. The molecule has 0 spiro atoms. The summed E-state index contributed by atoms with van der Waals surface area (Å²) in [6, 6.07) is 14.0. The molecule has 3 nitrogen and oxygen atoms in total. The number of carbonyl (C=O) groups excluding carboxylic acids is 1. The number of nitrogens with zero attached hydrogens (tertiary/aromatic N) is 2. The lowest BCUT2D eigenvalue weighted by atomic mass is 9.98. The minimum atomic E-state index is -0.374. The van der Waals surface area contributed by atoms with Crippen LogP contribution in [0.25, 0.3) is 10.2 Å². The summed E-state index contributed by atoms with van der Waals surface area (Å²) in [5, 5.41) is 1.09. The monoisotopic (exact) mass is 340 g/mol. The number of rotatable bonds is 2. The van der Waals surface area contributed by atoms with Crippen LogP contribution < -0.4 is 0 Å². The summed E-state index contributed by atoms with van der Waals surface area (Å²) in [6.07, 6.45) is 1.98. The third-order valence-corrected chi connectivity index (χ3v) is 5.64. The Morgan fingerprint density at radius 3 is 2.92 bits per heavy atom. The first-order chi connectivity index (χ1) is 11.7. The number of likely N-dealkylation sites (tertiary alicyclic amines) is 1. The summed E-state index contributed by atoms with van der Waals surface area (Å²) in [6.45, 7) is 1.37. The molecule has 24 heavy (non-hydrogen) atoms. The van der Waals surface area contributed by atoms with E-state index in [1.54, 1.807) is 23.5 Å². The van der Waals surface area contributed by atoms with E-state index in [0.717, 1.165) is 29.9 Å². The van der Waals surface area contributed by atoms with Crippen molar-refractivity contribution in [2.24, 2.45) is 0 Å². The molecular formula is C19H17FN2OS. The molecule has 0 radical (unpaired) electrons. The number of hydrogen-bond acceptors (Lipinski definition) is 3. The summed E-state index contributed by atoms with van der Waals surface area (Å²) in [5.74, 6) is -0.213. The molecule has 5 heteroatoms. The summed E-state index contributed by atoms with van der Waals surface area (Å²) in [5.41, 5.74) is 1.44. The van der Waals surface area contributed by atoms with E-state index in [0.29, 0.717) is 12.1 Å². The number of halogens is 1. The van der Waals surface area contributed by atoms with E-state index in [9.17, 15) is 9.18 Å². The zero-order valence-electron chi connectivity index (χ0n) is 13.1. The zero-order valence-corrected chi connectivity index (χ0v) is 13.9. The van der Waals surface area contributed by atoms with Crippen LogP contribution >= 0.6 is 11.3 Å². The number of thiazole rings is 1. The van der Waals surface area contributed by atoms with Crippen molar-refractivity contribution in [3.05, 3.63) is 64.9 Å². The van der Waals surface area contributed by atoms with E-state index >= 15 is 0 Å². The second-order valence-corrected chi connectivity index (χ2v) is 7.18. The second kappa shape index (κ2) is 6.32. The van der Waals surface area contributed by atoms with Crippen molar-refractivity contribution >= 4 is 27.5 Å². The van der Waals surface area contributed by atoms with Crippen molar-refractivity contribution in [2.45, 2.75) is 18.8 Å². The highest BCUT2D eigenvalue weighted by molar-refractivity contribution is 7.18. The summed E-state index contributed by atoms with van der Waals surface area (Å²) >= 11 is 1.71. The van der Waals surface area contributed by atoms with Gasteiger partial charge in [0.1, 0.15) is 5.82 Å². The van der Waals surface area contributed by atoms with Gasteiger partial charge in [-0.25, -0.2) is 9.37 Å². The molecule has 1 fully saturated rings. The number of hydrogen-bond donors (Lipinski definition) is 0. The molecule has 122 valence electrons. The molecule has 0 bridgehead atoms. The molecule has 0 aliphatic carbocycles. The number of benzene rings is 2. The van der Waals surface area contributed by atoms with E-state index in [1.807, 2.05) is 23.1 Å². The van der Waals surface area contributed by atoms with Crippen molar-refractivity contribution in [3.8, 4) is 0 Å². The fourth-order valence-corrected chi connectivity index (χ4v) is 4.33. The predicted octanol–water partition coefficient (Wildman–Crippen LogP) is 4.46. The molecule has 0 unspecified atom stereocenters. The maximum atomic E-state index is 13.4. The molecule has 1 aliphatic heterocycles. The summed E-state index contributed by atoms with van der Waals surface area (Å²) in [4.78, 5) is 19.2. The Morgan fingerprint density at radius 2 is 2.08 bits per heavy atom. The van der Waals surface area contributed by atoms with Crippen LogP contribution in [0.1, 0.15) is 34.1 Å². The van der Waals surface area contributed by atoms with Gasteiger partial charge in [-0.15, -0.1) is 11.3 Å². The molecule has 1 aromatic heterocycles. The van der Waals surface area contributed by atoms with Crippen LogP contribution in [0.5, 0.6) is 0 Å². The Labute approximate surface area is 143 Å². The SMILES string of the molecule is O=C(c1cccc(F)c1)N1CCC[C@H](c2nc3ccccc3s2)C1. The Kier molecular flexibility index (Phi) is 4.02. The van der Waals surface area contributed by atoms with Gasteiger partial charge in [0, 0.05) is 24.6 Å². The van der Waals surface area contributed by atoms with Gasteiger partial charge in [-0.1, -0.05) is 18.2 Å². The topological polar surface area (TPSA) is 33.2 Å². The van der Waals surface area contributed by atoms with Crippen LogP contribution in [-0.2, 0) is 0 Å². The van der Waals surface area contributed by atoms with Gasteiger partial charge in [-0.05, 0) is 43.2 Å². The lowest BCUT2D eigenvalue weighted by Crippen LogP contribution is -2.39. The summed E-state index contributed by atoms with van der Waals surface area (Å²) in [7, 11) is 0. The van der Waals surface area contributed by atoms with E-state index in [4.69, 9.17) is 4.98 Å². The van der Waals surface area contributed by atoms with Crippen LogP contribution in [0, 0.1) is 5.82 Å². The highest BCUT2D eigenvalue weighted by Crippen LogP contribution is 2.33. The van der Waals surface area contributed by atoms with Gasteiger partial charge in [0.15, 0.2) is 0 Å². The first-order valence-electron chi connectivity index (χ1n) is 8.11. The lowest BCUT2D eigenvalue weighted by Gasteiger charge is -2.32. The fraction of sp³-hybridized carbons (Fsp3) is 0.263. The molecule has 1 amide bonds. The maximum Gasteiger partial charge on any atom is 0.253 e. The molecule has 1 aliphatic rings. The quantitative estimate of drug-likeness (QED) is 0.690. The second-order valence-electron chi connectivity index (χ2n) is 6.12. The fourth-order valence-electron chi connectivity index (χ4n) is 3.23. The molecule has 2 aromatic carbocycles. The van der Waals surface area contributed by atoms with Gasteiger partial charge >= 0.3 is 0 Å². The Hall–Kier alpha value is -2.27. The van der Waals surface area contributed by atoms with Crippen molar-refractivity contribution in [3.63, 3.8) is 0 Å².